The Morgan fingerprint density at radius 1 is 1.19 bits per heavy atom. The SMILES string of the molecule is COCCn1c(=O)c2sccc2n(CC(=O)NCc2ccc(F)cc2)c1=O. The molecule has 27 heavy (non-hydrogen) atoms. The minimum Gasteiger partial charge on any atom is -0.383 e. The number of benzene rings is 1. The van der Waals surface area contributed by atoms with Crippen molar-refractivity contribution in [1.29, 1.82) is 0 Å². The second kappa shape index (κ2) is 8.28. The number of methoxy groups -OCH3 is 1. The zero-order chi connectivity index (χ0) is 19.4. The van der Waals surface area contributed by atoms with Crippen LogP contribution in [-0.4, -0.2) is 28.8 Å². The van der Waals surface area contributed by atoms with Gasteiger partial charge in [0, 0.05) is 13.7 Å². The van der Waals surface area contributed by atoms with Crippen LogP contribution in [0.2, 0.25) is 0 Å². The van der Waals surface area contributed by atoms with Gasteiger partial charge in [0.25, 0.3) is 5.56 Å². The number of hydrogen-bond donors (Lipinski definition) is 1. The Morgan fingerprint density at radius 3 is 2.63 bits per heavy atom. The summed E-state index contributed by atoms with van der Waals surface area (Å²) in [5.41, 5.74) is 0.230. The molecule has 1 aromatic carbocycles. The van der Waals surface area contributed by atoms with E-state index in [1.807, 2.05) is 0 Å². The molecule has 142 valence electrons. The molecule has 0 aliphatic carbocycles. The summed E-state index contributed by atoms with van der Waals surface area (Å²) in [6.07, 6.45) is 0. The van der Waals surface area contributed by atoms with Crippen LogP contribution in [0.15, 0.2) is 45.3 Å². The van der Waals surface area contributed by atoms with Crippen LogP contribution in [0.5, 0.6) is 0 Å². The fourth-order valence-corrected chi connectivity index (χ4v) is 3.51. The molecule has 9 heteroatoms. The second-order valence-corrected chi connectivity index (χ2v) is 6.77. The van der Waals surface area contributed by atoms with Gasteiger partial charge in [-0.05, 0) is 29.1 Å². The molecule has 1 amide bonds. The Labute approximate surface area is 157 Å². The number of carbonyl (C=O) groups excluding carboxylic acids is 1. The molecule has 0 radical (unpaired) electrons. The first-order chi connectivity index (χ1) is 13.0. The van der Waals surface area contributed by atoms with Crippen molar-refractivity contribution in [1.82, 2.24) is 14.5 Å². The van der Waals surface area contributed by atoms with Gasteiger partial charge in [0.05, 0.1) is 18.7 Å². The average molecular weight is 391 g/mol. The van der Waals surface area contributed by atoms with Crippen molar-refractivity contribution in [3.8, 4) is 0 Å². The van der Waals surface area contributed by atoms with Gasteiger partial charge in [-0.25, -0.2) is 9.18 Å². The number of carbonyl (C=O) groups is 1. The average Bonchev–Trinajstić information content (AvgIpc) is 3.14. The second-order valence-electron chi connectivity index (χ2n) is 5.86. The first-order valence-electron chi connectivity index (χ1n) is 8.22. The third-order valence-corrected chi connectivity index (χ3v) is 4.95. The third-order valence-electron chi connectivity index (χ3n) is 4.06. The molecule has 0 atom stereocenters. The maximum Gasteiger partial charge on any atom is 0.332 e. The van der Waals surface area contributed by atoms with Crippen LogP contribution >= 0.6 is 11.3 Å². The van der Waals surface area contributed by atoms with Crippen molar-refractivity contribution >= 4 is 27.5 Å². The Kier molecular flexibility index (Phi) is 5.82. The smallest absolute Gasteiger partial charge is 0.332 e. The van der Waals surface area contributed by atoms with Crippen LogP contribution < -0.4 is 16.6 Å². The van der Waals surface area contributed by atoms with E-state index in [4.69, 9.17) is 4.74 Å². The van der Waals surface area contributed by atoms with E-state index in [-0.39, 0.29) is 43.5 Å². The Hall–Kier alpha value is -2.78. The van der Waals surface area contributed by atoms with Gasteiger partial charge in [0.1, 0.15) is 17.1 Å². The number of nitrogens with one attached hydrogen (secondary N) is 1. The van der Waals surface area contributed by atoms with Crippen LogP contribution in [0.3, 0.4) is 0 Å². The summed E-state index contributed by atoms with van der Waals surface area (Å²) in [4.78, 5) is 37.5. The molecule has 0 saturated heterocycles. The summed E-state index contributed by atoms with van der Waals surface area (Å²) in [6, 6.07) is 7.42. The van der Waals surface area contributed by atoms with Crippen molar-refractivity contribution in [2.75, 3.05) is 13.7 Å². The molecule has 2 aromatic heterocycles. The number of hydrogen-bond acceptors (Lipinski definition) is 5. The van der Waals surface area contributed by atoms with Gasteiger partial charge in [-0.2, -0.15) is 0 Å². The monoisotopic (exact) mass is 391 g/mol. The van der Waals surface area contributed by atoms with Gasteiger partial charge >= 0.3 is 5.69 Å². The standard InChI is InChI=1S/C18H18FN3O4S/c1-26-8-7-21-17(24)16-14(6-9-27-16)22(18(21)25)11-15(23)20-10-12-2-4-13(19)5-3-12/h2-6,9H,7-8,10-11H2,1H3,(H,20,23). The lowest BCUT2D eigenvalue weighted by Crippen LogP contribution is -2.42. The van der Waals surface area contributed by atoms with Crippen molar-refractivity contribution in [2.24, 2.45) is 0 Å². The van der Waals surface area contributed by atoms with Gasteiger partial charge in [-0.3, -0.25) is 18.7 Å². The third kappa shape index (κ3) is 4.15. The highest BCUT2D eigenvalue weighted by atomic mass is 32.1. The number of amides is 1. The number of fused-ring (bicyclic) bond motifs is 1. The highest BCUT2D eigenvalue weighted by molar-refractivity contribution is 7.17. The minimum atomic E-state index is -0.556. The van der Waals surface area contributed by atoms with E-state index in [1.165, 1.54) is 35.1 Å². The number of ether oxygens (including phenoxy) is 1. The summed E-state index contributed by atoms with van der Waals surface area (Å²) in [5, 5.41) is 4.41. The molecular weight excluding hydrogens is 373 g/mol. The predicted molar refractivity (Wildman–Crippen MR) is 100 cm³/mol. The maximum atomic E-state index is 12.9. The number of nitrogens with zero attached hydrogens (tertiary/aromatic N) is 2. The topological polar surface area (TPSA) is 82.3 Å². The van der Waals surface area contributed by atoms with E-state index in [1.54, 1.807) is 23.6 Å². The molecule has 3 rings (SSSR count). The van der Waals surface area contributed by atoms with Crippen molar-refractivity contribution in [2.45, 2.75) is 19.6 Å². The Morgan fingerprint density at radius 2 is 1.93 bits per heavy atom. The molecule has 3 aromatic rings. The molecule has 7 nitrogen and oxygen atoms in total. The van der Waals surface area contributed by atoms with E-state index in [2.05, 4.69) is 5.32 Å². The van der Waals surface area contributed by atoms with Crippen LogP contribution in [0.25, 0.3) is 10.2 Å². The highest BCUT2D eigenvalue weighted by Crippen LogP contribution is 2.15. The van der Waals surface area contributed by atoms with E-state index in [0.29, 0.717) is 10.2 Å². The van der Waals surface area contributed by atoms with Gasteiger partial charge < -0.3 is 10.1 Å². The minimum absolute atomic E-state index is 0.110. The molecule has 0 fully saturated rings. The quantitative estimate of drug-likeness (QED) is 0.659. The number of aromatic nitrogens is 2. The summed E-state index contributed by atoms with van der Waals surface area (Å²) in [7, 11) is 1.48. The molecule has 0 aliphatic rings. The number of halogens is 1. The lowest BCUT2D eigenvalue weighted by Gasteiger charge is -2.12. The molecule has 2 heterocycles. The van der Waals surface area contributed by atoms with Crippen molar-refractivity contribution in [3.63, 3.8) is 0 Å². The summed E-state index contributed by atoms with van der Waals surface area (Å²) < 4.78 is 20.7. The first-order valence-corrected chi connectivity index (χ1v) is 9.10. The van der Waals surface area contributed by atoms with Crippen molar-refractivity contribution in [3.05, 3.63) is 67.9 Å². The predicted octanol–water partition coefficient (Wildman–Crippen LogP) is 1.33. The van der Waals surface area contributed by atoms with Gasteiger partial charge in [-0.1, -0.05) is 12.1 Å². The zero-order valence-electron chi connectivity index (χ0n) is 14.6. The molecule has 1 N–H and O–H groups in total. The molecule has 0 aliphatic heterocycles. The summed E-state index contributed by atoms with van der Waals surface area (Å²) >= 11 is 1.22. The lowest BCUT2D eigenvalue weighted by atomic mass is 10.2. The first kappa shape index (κ1) is 19.0. The van der Waals surface area contributed by atoms with Crippen molar-refractivity contribution < 1.29 is 13.9 Å². The summed E-state index contributed by atoms with van der Waals surface area (Å²) in [6.45, 7) is 0.312. The van der Waals surface area contributed by atoms with Crippen LogP contribution in [0.1, 0.15) is 5.56 Å². The number of thiophene rings is 1. The maximum absolute atomic E-state index is 12.9. The van der Waals surface area contributed by atoms with Crippen LogP contribution in [0, 0.1) is 5.82 Å². The Balaban J connectivity index is 1.84. The van der Waals surface area contributed by atoms with E-state index in [0.717, 1.165) is 10.1 Å². The normalized spacial score (nSPS) is 11.0. The molecular formula is C18H18FN3O4S. The molecule has 0 unspecified atom stereocenters. The largest absolute Gasteiger partial charge is 0.383 e. The fourth-order valence-electron chi connectivity index (χ4n) is 2.67. The fraction of sp³-hybridized carbons (Fsp3) is 0.278. The van der Waals surface area contributed by atoms with Crippen LogP contribution in [-0.2, 0) is 29.2 Å². The molecule has 0 saturated carbocycles. The van der Waals surface area contributed by atoms with E-state index >= 15 is 0 Å². The Bertz CT molecular complexity index is 1070. The van der Waals surface area contributed by atoms with Gasteiger partial charge in [-0.15, -0.1) is 11.3 Å². The van der Waals surface area contributed by atoms with Gasteiger partial charge in [0.2, 0.25) is 5.91 Å². The highest BCUT2D eigenvalue weighted by Gasteiger charge is 2.16. The van der Waals surface area contributed by atoms with E-state index < -0.39 is 5.69 Å². The van der Waals surface area contributed by atoms with Gasteiger partial charge in [0.15, 0.2) is 0 Å². The number of rotatable bonds is 7. The van der Waals surface area contributed by atoms with E-state index in [9.17, 15) is 18.8 Å². The zero-order valence-corrected chi connectivity index (χ0v) is 15.4. The molecule has 0 bridgehead atoms. The lowest BCUT2D eigenvalue weighted by molar-refractivity contribution is -0.121. The summed E-state index contributed by atoms with van der Waals surface area (Å²) in [5.74, 6) is -0.735. The molecule has 0 spiro atoms. The van der Waals surface area contributed by atoms with Crippen LogP contribution in [0.4, 0.5) is 4.39 Å².